The van der Waals surface area contributed by atoms with Crippen LogP contribution in [0.25, 0.3) is 0 Å². The highest BCUT2D eigenvalue weighted by Crippen LogP contribution is 2.19. The minimum absolute atomic E-state index is 0.0563. The molecule has 17 heavy (non-hydrogen) atoms. The molecule has 88 valence electrons. The van der Waals surface area contributed by atoms with Gasteiger partial charge in [0.2, 0.25) is 5.91 Å². The van der Waals surface area contributed by atoms with Gasteiger partial charge in [0, 0.05) is 25.4 Å². The maximum Gasteiger partial charge on any atom is 0.220 e. The molecule has 1 aromatic heterocycles. The molecule has 0 saturated carbocycles. The number of carbonyl (C=O) groups excluding carboxylic acids is 1. The number of carbonyl (C=O) groups is 1. The molecule has 0 aromatic carbocycles. The Bertz CT molecular complexity index is 408. The van der Waals surface area contributed by atoms with Crippen molar-refractivity contribution in [2.75, 3.05) is 6.54 Å². The van der Waals surface area contributed by atoms with E-state index in [9.17, 15) is 4.79 Å². The summed E-state index contributed by atoms with van der Waals surface area (Å²) in [6.45, 7) is 3.98. The standard InChI is InChI=1S/C13H15N3O/c1-2-7-16-13(17)4-3-12(10-14)11-5-8-15-9-6-11/h2,5-6,8-9,12H,1,3-4,7H2,(H,16,17). The van der Waals surface area contributed by atoms with Gasteiger partial charge in [0.15, 0.2) is 0 Å². The fraction of sp³-hybridized carbons (Fsp3) is 0.308. The number of nitrogens with zero attached hydrogens (tertiary/aromatic N) is 2. The summed E-state index contributed by atoms with van der Waals surface area (Å²) in [7, 11) is 0. The number of hydrogen-bond donors (Lipinski definition) is 1. The Morgan fingerprint density at radius 1 is 1.59 bits per heavy atom. The molecule has 4 heteroatoms. The molecule has 0 spiro atoms. The summed E-state index contributed by atoms with van der Waals surface area (Å²) in [4.78, 5) is 15.3. The first-order valence-corrected chi connectivity index (χ1v) is 5.45. The minimum Gasteiger partial charge on any atom is -0.353 e. The number of nitriles is 1. The molecule has 1 atom stereocenters. The van der Waals surface area contributed by atoms with E-state index in [1.165, 1.54) is 0 Å². The second kappa shape index (κ2) is 7.18. The van der Waals surface area contributed by atoms with Crippen molar-refractivity contribution in [1.82, 2.24) is 10.3 Å². The molecule has 0 aliphatic carbocycles. The van der Waals surface area contributed by atoms with Crippen molar-refractivity contribution < 1.29 is 4.79 Å². The molecule has 0 fully saturated rings. The third-order valence-electron chi connectivity index (χ3n) is 2.37. The van der Waals surface area contributed by atoms with Crippen molar-refractivity contribution >= 4 is 5.91 Å². The van der Waals surface area contributed by atoms with Crippen molar-refractivity contribution in [1.29, 1.82) is 5.26 Å². The molecule has 0 aliphatic rings. The molecule has 1 heterocycles. The summed E-state index contributed by atoms with van der Waals surface area (Å²) in [5.41, 5.74) is 0.902. The molecule has 0 bridgehead atoms. The zero-order valence-corrected chi connectivity index (χ0v) is 9.60. The van der Waals surface area contributed by atoms with E-state index in [4.69, 9.17) is 5.26 Å². The van der Waals surface area contributed by atoms with E-state index in [0.29, 0.717) is 19.4 Å². The number of rotatable bonds is 6. The minimum atomic E-state index is -0.257. The topological polar surface area (TPSA) is 65.8 Å². The Morgan fingerprint density at radius 3 is 2.88 bits per heavy atom. The highest BCUT2D eigenvalue weighted by atomic mass is 16.1. The van der Waals surface area contributed by atoms with Crippen molar-refractivity contribution in [3.8, 4) is 6.07 Å². The Labute approximate surface area is 101 Å². The Hall–Kier alpha value is -2.15. The van der Waals surface area contributed by atoms with E-state index in [1.54, 1.807) is 30.6 Å². The van der Waals surface area contributed by atoms with Gasteiger partial charge in [0.25, 0.3) is 0 Å². The lowest BCUT2D eigenvalue weighted by atomic mass is 9.96. The molecular weight excluding hydrogens is 214 g/mol. The van der Waals surface area contributed by atoms with Crippen LogP contribution < -0.4 is 5.32 Å². The van der Waals surface area contributed by atoms with Gasteiger partial charge in [-0.3, -0.25) is 9.78 Å². The van der Waals surface area contributed by atoms with Crippen LogP contribution >= 0.6 is 0 Å². The van der Waals surface area contributed by atoms with Crippen LogP contribution in [0.1, 0.15) is 24.3 Å². The zero-order chi connectivity index (χ0) is 12.5. The summed E-state index contributed by atoms with van der Waals surface area (Å²) >= 11 is 0. The summed E-state index contributed by atoms with van der Waals surface area (Å²) in [6.07, 6.45) is 5.79. The number of aromatic nitrogens is 1. The van der Waals surface area contributed by atoms with E-state index in [-0.39, 0.29) is 11.8 Å². The third-order valence-corrected chi connectivity index (χ3v) is 2.37. The third kappa shape index (κ3) is 4.47. The SMILES string of the molecule is C=CCNC(=O)CCC(C#N)c1ccncc1. The maximum atomic E-state index is 11.4. The van der Waals surface area contributed by atoms with Gasteiger partial charge >= 0.3 is 0 Å². The van der Waals surface area contributed by atoms with Gasteiger partial charge in [-0.05, 0) is 24.1 Å². The van der Waals surface area contributed by atoms with E-state index >= 15 is 0 Å². The van der Waals surface area contributed by atoms with Gasteiger partial charge in [0.1, 0.15) is 0 Å². The lowest BCUT2D eigenvalue weighted by molar-refractivity contribution is -0.121. The first-order valence-electron chi connectivity index (χ1n) is 5.45. The number of amides is 1. The predicted octanol–water partition coefficient (Wildman–Crippen LogP) is 1.77. The van der Waals surface area contributed by atoms with Crippen LogP contribution in [-0.4, -0.2) is 17.4 Å². The van der Waals surface area contributed by atoms with Gasteiger partial charge in [0.05, 0.1) is 12.0 Å². The number of hydrogen-bond acceptors (Lipinski definition) is 3. The Kier molecular flexibility index (Phi) is 5.45. The molecule has 1 aromatic rings. The summed E-state index contributed by atoms with van der Waals surface area (Å²) in [5, 5.41) is 11.7. The van der Waals surface area contributed by atoms with Crippen LogP contribution in [0.3, 0.4) is 0 Å². The summed E-state index contributed by atoms with van der Waals surface area (Å²) in [6, 6.07) is 5.80. The Balaban J connectivity index is 2.47. The quantitative estimate of drug-likeness (QED) is 0.756. The number of nitrogens with one attached hydrogen (secondary N) is 1. The Morgan fingerprint density at radius 2 is 2.29 bits per heavy atom. The average molecular weight is 229 g/mol. The normalized spacial score (nSPS) is 11.2. The van der Waals surface area contributed by atoms with Crippen LogP contribution in [0, 0.1) is 11.3 Å². The first kappa shape index (κ1) is 12.9. The van der Waals surface area contributed by atoms with Crippen LogP contribution in [0.4, 0.5) is 0 Å². The van der Waals surface area contributed by atoms with E-state index in [2.05, 4.69) is 22.9 Å². The smallest absolute Gasteiger partial charge is 0.220 e. The largest absolute Gasteiger partial charge is 0.353 e. The van der Waals surface area contributed by atoms with Gasteiger partial charge < -0.3 is 5.32 Å². The molecule has 1 rings (SSSR count). The van der Waals surface area contributed by atoms with Gasteiger partial charge in [-0.25, -0.2) is 0 Å². The lowest BCUT2D eigenvalue weighted by Crippen LogP contribution is -2.23. The second-order valence-electron chi connectivity index (χ2n) is 3.59. The van der Waals surface area contributed by atoms with Crippen LogP contribution in [0.5, 0.6) is 0 Å². The van der Waals surface area contributed by atoms with Gasteiger partial charge in [-0.15, -0.1) is 6.58 Å². The maximum absolute atomic E-state index is 11.4. The van der Waals surface area contributed by atoms with E-state index in [1.807, 2.05) is 0 Å². The molecule has 0 aliphatic heterocycles. The fourth-order valence-electron chi connectivity index (χ4n) is 1.45. The molecule has 0 radical (unpaired) electrons. The molecular formula is C13H15N3O. The van der Waals surface area contributed by atoms with Crippen LogP contribution in [0.15, 0.2) is 37.2 Å². The first-order chi connectivity index (χ1) is 8.27. The molecule has 1 amide bonds. The highest BCUT2D eigenvalue weighted by molar-refractivity contribution is 5.76. The fourth-order valence-corrected chi connectivity index (χ4v) is 1.45. The van der Waals surface area contributed by atoms with Crippen LogP contribution in [-0.2, 0) is 4.79 Å². The molecule has 1 N–H and O–H groups in total. The van der Waals surface area contributed by atoms with Crippen molar-refractivity contribution in [3.05, 3.63) is 42.7 Å². The summed E-state index contributed by atoms with van der Waals surface area (Å²) < 4.78 is 0. The zero-order valence-electron chi connectivity index (χ0n) is 9.60. The summed E-state index contributed by atoms with van der Waals surface area (Å²) in [5.74, 6) is -0.313. The molecule has 1 unspecified atom stereocenters. The predicted molar refractivity (Wildman–Crippen MR) is 65.0 cm³/mol. The van der Waals surface area contributed by atoms with E-state index < -0.39 is 0 Å². The number of pyridine rings is 1. The van der Waals surface area contributed by atoms with E-state index in [0.717, 1.165) is 5.56 Å². The monoisotopic (exact) mass is 229 g/mol. The molecule has 4 nitrogen and oxygen atoms in total. The lowest BCUT2D eigenvalue weighted by Gasteiger charge is -2.08. The van der Waals surface area contributed by atoms with Crippen molar-refractivity contribution in [2.24, 2.45) is 0 Å². The van der Waals surface area contributed by atoms with Crippen molar-refractivity contribution in [2.45, 2.75) is 18.8 Å². The molecule has 0 saturated heterocycles. The highest BCUT2D eigenvalue weighted by Gasteiger charge is 2.12. The average Bonchev–Trinajstić information content (AvgIpc) is 2.38. The van der Waals surface area contributed by atoms with Crippen LogP contribution in [0.2, 0.25) is 0 Å². The second-order valence-corrected chi connectivity index (χ2v) is 3.59. The van der Waals surface area contributed by atoms with Gasteiger partial charge in [-0.1, -0.05) is 6.08 Å². The van der Waals surface area contributed by atoms with Crippen molar-refractivity contribution in [3.63, 3.8) is 0 Å². The van der Waals surface area contributed by atoms with Gasteiger partial charge in [-0.2, -0.15) is 5.26 Å².